The number of halogens is 3. The Morgan fingerprint density at radius 1 is 1.32 bits per heavy atom. The van der Waals surface area contributed by atoms with Crippen molar-refractivity contribution in [3.63, 3.8) is 0 Å². The minimum atomic E-state index is -4.68. The molecule has 0 saturated heterocycles. The van der Waals surface area contributed by atoms with Gasteiger partial charge in [0.1, 0.15) is 11.4 Å². The highest BCUT2D eigenvalue weighted by Crippen LogP contribution is 2.35. The summed E-state index contributed by atoms with van der Waals surface area (Å²) < 4.78 is 43.1. The third-order valence-electron chi connectivity index (χ3n) is 2.32. The maximum atomic E-state index is 12.6. The summed E-state index contributed by atoms with van der Waals surface area (Å²) in [6.45, 7) is 3.19. The molecular formula is C11H13F3N2O3. The van der Waals surface area contributed by atoms with E-state index in [9.17, 15) is 23.3 Å². The van der Waals surface area contributed by atoms with Gasteiger partial charge in [-0.2, -0.15) is 13.2 Å². The van der Waals surface area contributed by atoms with Crippen molar-refractivity contribution >= 4 is 5.69 Å². The molecule has 0 saturated carbocycles. The maximum absolute atomic E-state index is 12.6. The summed E-state index contributed by atoms with van der Waals surface area (Å²) in [7, 11) is 0. The van der Waals surface area contributed by atoms with E-state index in [1.54, 1.807) is 13.8 Å². The molecule has 0 aliphatic heterocycles. The lowest BCUT2D eigenvalue weighted by Gasteiger charge is -2.24. The van der Waals surface area contributed by atoms with Gasteiger partial charge in [0.15, 0.2) is 0 Å². The lowest BCUT2D eigenvalue weighted by atomic mass is 10.1. The summed E-state index contributed by atoms with van der Waals surface area (Å²) >= 11 is 0. The van der Waals surface area contributed by atoms with Gasteiger partial charge in [0, 0.05) is 12.6 Å². The zero-order valence-corrected chi connectivity index (χ0v) is 10.3. The van der Waals surface area contributed by atoms with Crippen molar-refractivity contribution < 1.29 is 22.8 Å². The van der Waals surface area contributed by atoms with Crippen molar-refractivity contribution in [3.05, 3.63) is 33.9 Å². The maximum Gasteiger partial charge on any atom is 0.416 e. The van der Waals surface area contributed by atoms with Crippen LogP contribution in [-0.4, -0.2) is 17.1 Å². The first-order valence-corrected chi connectivity index (χ1v) is 5.31. The van der Waals surface area contributed by atoms with Crippen LogP contribution >= 0.6 is 0 Å². The Bertz CT molecular complexity index is 487. The fourth-order valence-electron chi connectivity index (χ4n) is 1.27. The minimum absolute atomic E-state index is 0.0526. The van der Waals surface area contributed by atoms with Gasteiger partial charge in [0.2, 0.25) is 0 Å². The molecule has 1 aromatic rings. The zero-order chi connectivity index (χ0) is 14.8. The summed E-state index contributed by atoms with van der Waals surface area (Å²) in [6, 6.07) is 2.11. The number of nitrogens with two attached hydrogens (primary N) is 1. The van der Waals surface area contributed by atoms with E-state index in [0.29, 0.717) is 12.1 Å². The number of hydrogen-bond donors (Lipinski definition) is 1. The standard InChI is InChI=1S/C11H13F3N2O3/c1-10(2,6-15)19-9-4-7(11(12,13)14)3-8(5-9)16(17)18/h3-5H,6,15H2,1-2H3. The molecule has 0 heterocycles. The number of benzene rings is 1. The van der Waals surface area contributed by atoms with Gasteiger partial charge >= 0.3 is 6.18 Å². The molecule has 0 amide bonds. The molecule has 0 aliphatic rings. The third kappa shape index (κ3) is 4.09. The Morgan fingerprint density at radius 2 is 1.89 bits per heavy atom. The Labute approximate surface area is 107 Å². The van der Waals surface area contributed by atoms with Crippen LogP contribution in [0.3, 0.4) is 0 Å². The van der Waals surface area contributed by atoms with Gasteiger partial charge in [-0.3, -0.25) is 10.1 Å². The number of hydrogen-bond acceptors (Lipinski definition) is 4. The Morgan fingerprint density at radius 3 is 2.32 bits per heavy atom. The predicted octanol–water partition coefficient (Wildman–Crippen LogP) is 2.73. The van der Waals surface area contributed by atoms with Crippen LogP contribution in [0.4, 0.5) is 18.9 Å². The van der Waals surface area contributed by atoms with Crippen LogP contribution < -0.4 is 10.5 Å². The Kier molecular flexibility index (Phi) is 4.04. The fourth-order valence-corrected chi connectivity index (χ4v) is 1.27. The third-order valence-corrected chi connectivity index (χ3v) is 2.32. The molecule has 0 aliphatic carbocycles. The molecule has 0 spiro atoms. The second kappa shape index (κ2) is 5.04. The number of nitrogens with zero attached hydrogens (tertiary/aromatic N) is 1. The smallest absolute Gasteiger partial charge is 0.416 e. The highest BCUT2D eigenvalue weighted by atomic mass is 19.4. The lowest BCUT2D eigenvalue weighted by Crippen LogP contribution is -2.37. The average Bonchev–Trinajstić information content (AvgIpc) is 2.26. The van der Waals surface area contributed by atoms with Crippen molar-refractivity contribution in [3.8, 4) is 5.75 Å². The molecular weight excluding hydrogens is 265 g/mol. The van der Waals surface area contributed by atoms with Gasteiger partial charge in [-0.05, 0) is 19.9 Å². The van der Waals surface area contributed by atoms with Crippen molar-refractivity contribution in [1.29, 1.82) is 0 Å². The molecule has 0 unspecified atom stereocenters. The van der Waals surface area contributed by atoms with Gasteiger partial charge < -0.3 is 10.5 Å². The summed E-state index contributed by atoms with van der Waals surface area (Å²) in [4.78, 5) is 9.72. The largest absolute Gasteiger partial charge is 0.486 e. The lowest BCUT2D eigenvalue weighted by molar-refractivity contribution is -0.385. The normalized spacial score (nSPS) is 12.3. The Hall–Kier alpha value is -1.83. The van der Waals surface area contributed by atoms with Crippen LogP contribution in [-0.2, 0) is 6.18 Å². The first-order chi connectivity index (χ1) is 8.55. The number of ether oxygens (including phenoxy) is 1. The molecule has 106 valence electrons. The molecule has 5 nitrogen and oxygen atoms in total. The molecule has 0 aromatic heterocycles. The van der Waals surface area contributed by atoms with E-state index in [0.717, 1.165) is 6.07 Å². The molecule has 19 heavy (non-hydrogen) atoms. The number of non-ortho nitro benzene ring substituents is 1. The fraction of sp³-hybridized carbons (Fsp3) is 0.455. The van der Waals surface area contributed by atoms with Crippen LogP contribution in [0.25, 0.3) is 0 Å². The minimum Gasteiger partial charge on any atom is -0.486 e. The van der Waals surface area contributed by atoms with Gasteiger partial charge in [-0.25, -0.2) is 0 Å². The van der Waals surface area contributed by atoms with Crippen molar-refractivity contribution in [2.45, 2.75) is 25.6 Å². The highest BCUT2D eigenvalue weighted by Gasteiger charge is 2.33. The molecule has 1 aromatic carbocycles. The molecule has 2 N–H and O–H groups in total. The molecule has 0 radical (unpaired) electrons. The van der Waals surface area contributed by atoms with Crippen LogP contribution in [0.2, 0.25) is 0 Å². The number of alkyl halides is 3. The molecule has 0 fully saturated rings. The number of nitro groups is 1. The van der Waals surface area contributed by atoms with E-state index in [1.807, 2.05) is 0 Å². The van der Waals surface area contributed by atoms with Gasteiger partial charge in [-0.15, -0.1) is 0 Å². The van der Waals surface area contributed by atoms with Crippen LogP contribution in [0, 0.1) is 10.1 Å². The summed E-state index contributed by atoms with van der Waals surface area (Å²) in [6.07, 6.45) is -4.68. The number of rotatable bonds is 4. The monoisotopic (exact) mass is 278 g/mol. The van der Waals surface area contributed by atoms with E-state index in [4.69, 9.17) is 10.5 Å². The SMILES string of the molecule is CC(C)(CN)Oc1cc([N+](=O)[O-])cc(C(F)(F)F)c1. The average molecular weight is 278 g/mol. The van der Waals surface area contributed by atoms with Crippen LogP contribution in [0.1, 0.15) is 19.4 Å². The summed E-state index contributed by atoms with van der Waals surface area (Å²) in [5.74, 6) is -0.239. The first kappa shape index (κ1) is 15.2. The Balaban J connectivity index is 3.25. The van der Waals surface area contributed by atoms with Gasteiger partial charge in [0.05, 0.1) is 16.6 Å². The second-order valence-electron chi connectivity index (χ2n) is 4.54. The second-order valence-corrected chi connectivity index (χ2v) is 4.54. The first-order valence-electron chi connectivity index (χ1n) is 5.31. The van der Waals surface area contributed by atoms with E-state index in [2.05, 4.69) is 0 Å². The molecule has 1 rings (SSSR count). The van der Waals surface area contributed by atoms with Crippen molar-refractivity contribution in [1.82, 2.24) is 0 Å². The summed E-state index contributed by atoms with van der Waals surface area (Å²) in [5.41, 5.74) is 2.66. The van der Waals surface area contributed by atoms with Gasteiger partial charge in [-0.1, -0.05) is 0 Å². The topological polar surface area (TPSA) is 78.4 Å². The van der Waals surface area contributed by atoms with E-state index >= 15 is 0 Å². The molecule has 0 bridgehead atoms. The van der Waals surface area contributed by atoms with Crippen LogP contribution in [0.5, 0.6) is 5.75 Å². The highest BCUT2D eigenvalue weighted by molar-refractivity contribution is 5.44. The number of nitro benzene ring substituents is 1. The predicted molar refractivity (Wildman–Crippen MR) is 61.9 cm³/mol. The van der Waals surface area contributed by atoms with E-state index in [-0.39, 0.29) is 12.3 Å². The molecule has 8 heteroatoms. The zero-order valence-electron chi connectivity index (χ0n) is 10.3. The summed E-state index contributed by atoms with van der Waals surface area (Å²) in [5, 5.41) is 10.6. The van der Waals surface area contributed by atoms with Crippen molar-refractivity contribution in [2.75, 3.05) is 6.54 Å². The van der Waals surface area contributed by atoms with Crippen molar-refractivity contribution in [2.24, 2.45) is 5.73 Å². The van der Waals surface area contributed by atoms with Crippen LogP contribution in [0.15, 0.2) is 18.2 Å². The molecule has 0 atom stereocenters. The van der Waals surface area contributed by atoms with E-state index in [1.165, 1.54) is 0 Å². The van der Waals surface area contributed by atoms with E-state index < -0.39 is 28.0 Å². The quantitative estimate of drug-likeness (QED) is 0.678. The van der Waals surface area contributed by atoms with Gasteiger partial charge in [0.25, 0.3) is 5.69 Å².